The topological polar surface area (TPSA) is 80.0 Å². The van der Waals surface area contributed by atoms with Crippen LogP contribution in [0.15, 0.2) is 16.7 Å². The third-order valence-corrected chi connectivity index (χ3v) is 5.19. The summed E-state index contributed by atoms with van der Waals surface area (Å²) in [6.07, 6.45) is 3.52. The summed E-state index contributed by atoms with van der Waals surface area (Å²) in [6, 6.07) is 1.74. The number of likely N-dealkylation sites (tertiary alicyclic amines) is 1. The van der Waals surface area contributed by atoms with Crippen molar-refractivity contribution in [1.29, 1.82) is 0 Å². The first-order valence-corrected chi connectivity index (χ1v) is 8.70. The molecule has 0 aromatic carbocycles. The van der Waals surface area contributed by atoms with E-state index in [1.807, 2.05) is 18.7 Å². The third-order valence-electron chi connectivity index (χ3n) is 5.19. The largest absolute Gasteiger partial charge is 0.481 e. The van der Waals surface area contributed by atoms with Gasteiger partial charge in [0.2, 0.25) is 0 Å². The fraction of sp³-hybridized carbons (Fsp3) is 0.667. The number of carbonyl (C=O) groups excluding carboxylic acids is 1. The summed E-state index contributed by atoms with van der Waals surface area (Å²) in [5.74, 6) is -0.0545. The van der Waals surface area contributed by atoms with E-state index in [0.717, 1.165) is 18.6 Å². The van der Waals surface area contributed by atoms with Gasteiger partial charge in [0, 0.05) is 25.6 Å². The van der Waals surface area contributed by atoms with Crippen LogP contribution in [0.4, 0.5) is 0 Å². The second-order valence-electron chi connectivity index (χ2n) is 7.05. The Morgan fingerprint density at radius 1 is 1.25 bits per heavy atom. The Morgan fingerprint density at radius 3 is 2.58 bits per heavy atom. The summed E-state index contributed by atoms with van der Waals surface area (Å²) in [7, 11) is 0. The van der Waals surface area contributed by atoms with E-state index in [9.17, 15) is 14.7 Å². The molecule has 2 atom stereocenters. The van der Waals surface area contributed by atoms with Crippen LogP contribution < -0.4 is 0 Å². The Kier molecular flexibility index (Phi) is 4.94. The second-order valence-corrected chi connectivity index (χ2v) is 7.05. The van der Waals surface area contributed by atoms with Crippen molar-refractivity contribution in [2.75, 3.05) is 19.7 Å². The van der Waals surface area contributed by atoms with Gasteiger partial charge in [-0.15, -0.1) is 0 Å². The summed E-state index contributed by atoms with van der Waals surface area (Å²) in [5, 5.41) is 9.31. The molecule has 3 heterocycles. The van der Waals surface area contributed by atoms with Gasteiger partial charge in [0.05, 0.1) is 23.8 Å². The standard InChI is InChI=1S/C18H25NO5/c1-11(2)15-13(5-9-23-15)17(20)19-7-3-12(4-8-19)16-14(18(21)22)6-10-24-16/h5,9,11-12,14,16H,3-4,6-8,10H2,1-2H3,(H,21,22)/t14?,16-/m0/s1. The number of aliphatic carboxylic acids is 1. The highest BCUT2D eigenvalue weighted by Gasteiger charge is 2.41. The molecule has 2 saturated heterocycles. The van der Waals surface area contributed by atoms with Crippen molar-refractivity contribution >= 4 is 11.9 Å². The predicted molar refractivity (Wildman–Crippen MR) is 86.9 cm³/mol. The zero-order valence-corrected chi connectivity index (χ0v) is 14.2. The zero-order valence-electron chi connectivity index (χ0n) is 14.2. The molecule has 2 aliphatic heterocycles. The lowest BCUT2D eigenvalue weighted by Gasteiger charge is -2.35. The number of hydrogen-bond donors (Lipinski definition) is 1. The maximum absolute atomic E-state index is 12.7. The van der Waals surface area contributed by atoms with Crippen LogP contribution in [0.1, 0.15) is 55.1 Å². The van der Waals surface area contributed by atoms with E-state index in [1.165, 1.54) is 0 Å². The maximum atomic E-state index is 12.7. The fourth-order valence-electron chi connectivity index (χ4n) is 3.89. The molecule has 0 aliphatic carbocycles. The number of furan rings is 1. The summed E-state index contributed by atoms with van der Waals surface area (Å²) >= 11 is 0. The van der Waals surface area contributed by atoms with E-state index in [1.54, 1.807) is 12.3 Å². The summed E-state index contributed by atoms with van der Waals surface area (Å²) in [5.41, 5.74) is 0.643. The van der Waals surface area contributed by atoms with E-state index >= 15 is 0 Å². The molecule has 0 spiro atoms. The molecular formula is C18H25NO5. The minimum Gasteiger partial charge on any atom is -0.481 e. The van der Waals surface area contributed by atoms with Crippen molar-refractivity contribution in [2.24, 2.45) is 11.8 Å². The number of carbonyl (C=O) groups is 2. The van der Waals surface area contributed by atoms with E-state index in [4.69, 9.17) is 9.15 Å². The van der Waals surface area contributed by atoms with E-state index in [2.05, 4.69) is 0 Å². The molecule has 24 heavy (non-hydrogen) atoms. The average Bonchev–Trinajstić information content (AvgIpc) is 3.23. The van der Waals surface area contributed by atoms with Crippen LogP contribution in [-0.2, 0) is 9.53 Å². The number of hydrogen-bond acceptors (Lipinski definition) is 4. The number of piperidine rings is 1. The average molecular weight is 335 g/mol. The molecule has 3 rings (SSSR count). The van der Waals surface area contributed by atoms with Gasteiger partial charge in [-0.05, 0) is 31.2 Å². The molecule has 132 valence electrons. The number of ether oxygens (including phenoxy) is 1. The first kappa shape index (κ1) is 17.0. The Bertz CT molecular complexity index is 600. The number of rotatable bonds is 4. The van der Waals surface area contributed by atoms with Crippen LogP contribution >= 0.6 is 0 Å². The van der Waals surface area contributed by atoms with Crippen LogP contribution in [0, 0.1) is 11.8 Å². The van der Waals surface area contributed by atoms with Gasteiger partial charge in [-0.1, -0.05) is 13.8 Å². The molecule has 1 aromatic heterocycles. The minimum absolute atomic E-state index is 0.00743. The van der Waals surface area contributed by atoms with Crippen LogP contribution in [0.2, 0.25) is 0 Å². The number of carboxylic acids is 1. The lowest BCUT2D eigenvalue weighted by atomic mass is 9.84. The lowest BCUT2D eigenvalue weighted by Crippen LogP contribution is -2.43. The fourth-order valence-corrected chi connectivity index (χ4v) is 3.89. The van der Waals surface area contributed by atoms with Crippen molar-refractivity contribution in [1.82, 2.24) is 4.90 Å². The van der Waals surface area contributed by atoms with Gasteiger partial charge < -0.3 is 19.2 Å². The summed E-state index contributed by atoms with van der Waals surface area (Å²) in [6.45, 7) is 5.81. The Balaban J connectivity index is 1.62. The van der Waals surface area contributed by atoms with Crippen molar-refractivity contribution < 1.29 is 23.8 Å². The highest BCUT2D eigenvalue weighted by Crippen LogP contribution is 2.34. The monoisotopic (exact) mass is 335 g/mol. The van der Waals surface area contributed by atoms with Gasteiger partial charge >= 0.3 is 5.97 Å². The molecule has 0 radical (unpaired) electrons. The lowest BCUT2D eigenvalue weighted by molar-refractivity contribution is -0.145. The number of nitrogens with zero attached hydrogens (tertiary/aromatic N) is 1. The zero-order chi connectivity index (χ0) is 17.3. The van der Waals surface area contributed by atoms with Gasteiger partial charge in [0.1, 0.15) is 5.76 Å². The molecule has 1 aromatic rings. The van der Waals surface area contributed by atoms with Gasteiger partial charge in [0.25, 0.3) is 5.91 Å². The third kappa shape index (κ3) is 3.20. The van der Waals surface area contributed by atoms with E-state index < -0.39 is 11.9 Å². The first-order valence-electron chi connectivity index (χ1n) is 8.70. The molecule has 2 aliphatic rings. The predicted octanol–water partition coefficient (Wildman–Crippen LogP) is 2.74. The number of carboxylic acid groups (broad SMARTS) is 1. The molecule has 1 N–H and O–H groups in total. The normalized spacial score (nSPS) is 25.4. The molecule has 6 nitrogen and oxygen atoms in total. The summed E-state index contributed by atoms with van der Waals surface area (Å²) in [4.78, 5) is 25.9. The van der Waals surface area contributed by atoms with Crippen molar-refractivity contribution in [2.45, 2.75) is 45.1 Å². The Labute approximate surface area is 141 Å². The summed E-state index contributed by atoms with van der Waals surface area (Å²) < 4.78 is 11.1. The minimum atomic E-state index is -0.768. The van der Waals surface area contributed by atoms with Gasteiger partial charge in [-0.25, -0.2) is 0 Å². The van der Waals surface area contributed by atoms with Crippen LogP contribution in [0.25, 0.3) is 0 Å². The maximum Gasteiger partial charge on any atom is 0.309 e. The molecule has 1 amide bonds. The highest BCUT2D eigenvalue weighted by atomic mass is 16.5. The molecular weight excluding hydrogens is 310 g/mol. The van der Waals surface area contributed by atoms with Crippen molar-refractivity contribution in [3.63, 3.8) is 0 Å². The van der Waals surface area contributed by atoms with Crippen LogP contribution in [0.5, 0.6) is 0 Å². The van der Waals surface area contributed by atoms with Gasteiger partial charge in [-0.2, -0.15) is 0 Å². The quantitative estimate of drug-likeness (QED) is 0.915. The van der Waals surface area contributed by atoms with Crippen molar-refractivity contribution in [3.05, 3.63) is 23.7 Å². The van der Waals surface area contributed by atoms with E-state index in [0.29, 0.717) is 31.7 Å². The van der Waals surface area contributed by atoms with Crippen LogP contribution in [-0.4, -0.2) is 47.7 Å². The van der Waals surface area contributed by atoms with Crippen molar-refractivity contribution in [3.8, 4) is 0 Å². The van der Waals surface area contributed by atoms with Gasteiger partial charge in [0.15, 0.2) is 0 Å². The number of amides is 1. The molecule has 0 bridgehead atoms. The molecule has 2 fully saturated rings. The highest BCUT2D eigenvalue weighted by molar-refractivity contribution is 5.95. The molecule has 6 heteroatoms. The smallest absolute Gasteiger partial charge is 0.309 e. The van der Waals surface area contributed by atoms with Gasteiger partial charge in [-0.3, -0.25) is 9.59 Å². The Hall–Kier alpha value is -1.82. The molecule has 1 unspecified atom stereocenters. The van der Waals surface area contributed by atoms with E-state index in [-0.39, 0.29) is 23.8 Å². The molecule has 0 saturated carbocycles. The first-order chi connectivity index (χ1) is 11.5. The SMILES string of the molecule is CC(C)c1occc1C(=O)N1CCC([C@@H]2OCCC2C(=O)O)CC1. The van der Waals surface area contributed by atoms with Crippen LogP contribution in [0.3, 0.4) is 0 Å². The Morgan fingerprint density at radius 2 is 1.96 bits per heavy atom. The second kappa shape index (κ2) is 6.97.